The third kappa shape index (κ3) is 2.56. The summed E-state index contributed by atoms with van der Waals surface area (Å²) in [4.78, 5) is 21.3. The average molecular weight is 262 g/mol. The van der Waals surface area contributed by atoms with E-state index in [0.29, 0.717) is 12.3 Å². The molecular formula is C13H14N2O2S. The maximum absolute atomic E-state index is 11.8. The highest BCUT2D eigenvalue weighted by molar-refractivity contribution is 7.15. The van der Waals surface area contributed by atoms with Crippen LogP contribution in [0.15, 0.2) is 18.2 Å². The highest BCUT2D eigenvalue weighted by atomic mass is 32.1. The van der Waals surface area contributed by atoms with Gasteiger partial charge in [-0.15, -0.1) is 11.3 Å². The Hall–Kier alpha value is -1.75. The zero-order valence-electron chi connectivity index (χ0n) is 10.6. The second-order valence-electron chi connectivity index (χ2n) is 3.80. The van der Waals surface area contributed by atoms with E-state index < -0.39 is 0 Å². The number of hydrogen-bond donors (Lipinski definition) is 0. The molecule has 5 heteroatoms. The topological polar surface area (TPSA) is 52.1 Å². The normalized spacial score (nSPS) is 10.4. The van der Waals surface area contributed by atoms with Crippen LogP contribution in [-0.4, -0.2) is 22.5 Å². The summed E-state index contributed by atoms with van der Waals surface area (Å²) in [5, 5.41) is 0.830. The Bertz CT molecular complexity index is 578. The van der Waals surface area contributed by atoms with Gasteiger partial charge in [-0.1, -0.05) is 6.07 Å². The summed E-state index contributed by atoms with van der Waals surface area (Å²) in [7, 11) is 0. The maximum Gasteiger partial charge on any atom is 0.358 e. The fourth-order valence-corrected chi connectivity index (χ4v) is 2.48. The molecule has 2 rings (SSSR count). The minimum atomic E-state index is -0.389. The lowest BCUT2D eigenvalue weighted by atomic mass is 10.2. The van der Waals surface area contributed by atoms with Crippen LogP contribution in [0.2, 0.25) is 0 Å². The van der Waals surface area contributed by atoms with Crippen molar-refractivity contribution in [1.29, 1.82) is 0 Å². The van der Waals surface area contributed by atoms with E-state index in [1.165, 1.54) is 11.3 Å². The van der Waals surface area contributed by atoms with E-state index in [-0.39, 0.29) is 5.97 Å². The molecule has 0 saturated heterocycles. The fraction of sp³-hybridized carbons (Fsp3) is 0.308. The van der Waals surface area contributed by atoms with Crippen molar-refractivity contribution >= 4 is 17.3 Å². The monoisotopic (exact) mass is 262 g/mol. The number of rotatable bonds is 3. The molecule has 0 saturated carbocycles. The summed E-state index contributed by atoms with van der Waals surface area (Å²) in [5.74, 6) is -0.389. The van der Waals surface area contributed by atoms with Gasteiger partial charge in [0.05, 0.1) is 22.2 Å². The van der Waals surface area contributed by atoms with Gasteiger partial charge in [0.2, 0.25) is 0 Å². The smallest absolute Gasteiger partial charge is 0.358 e. The molecular weight excluding hydrogens is 248 g/mol. The molecule has 0 aliphatic rings. The molecule has 2 heterocycles. The molecule has 0 N–H and O–H groups in total. The van der Waals surface area contributed by atoms with Crippen LogP contribution in [0.25, 0.3) is 10.6 Å². The van der Waals surface area contributed by atoms with Crippen molar-refractivity contribution in [3.63, 3.8) is 0 Å². The first kappa shape index (κ1) is 12.7. The van der Waals surface area contributed by atoms with E-state index in [1.807, 2.05) is 32.0 Å². The lowest BCUT2D eigenvalue weighted by Crippen LogP contribution is -2.06. The van der Waals surface area contributed by atoms with Gasteiger partial charge in [-0.2, -0.15) is 0 Å². The van der Waals surface area contributed by atoms with Crippen LogP contribution in [0.4, 0.5) is 0 Å². The van der Waals surface area contributed by atoms with Gasteiger partial charge in [0.15, 0.2) is 5.69 Å². The molecule has 4 nitrogen and oxygen atoms in total. The van der Waals surface area contributed by atoms with Gasteiger partial charge in [-0.05, 0) is 32.9 Å². The fourth-order valence-electron chi connectivity index (χ4n) is 1.61. The summed E-state index contributed by atoms with van der Waals surface area (Å²) in [5.41, 5.74) is 2.04. The van der Waals surface area contributed by atoms with Crippen LogP contribution < -0.4 is 0 Å². The second kappa shape index (κ2) is 5.27. The molecule has 0 amide bonds. The van der Waals surface area contributed by atoms with Crippen molar-refractivity contribution in [1.82, 2.24) is 9.97 Å². The number of esters is 1. The summed E-state index contributed by atoms with van der Waals surface area (Å²) in [6, 6.07) is 5.71. The highest BCUT2D eigenvalue weighted by Crippen LogP contribution is 2.29. The van der Waals surface area contributed by atoms with E-state index in [1.54, 1.807) is 6.92 Å². The minimum Gasteiger partial charge on any atom is -0.461 e. The lowest BCUT2D eigenvalue weighted by Gasteiger charge is -2.02. The number of hydrogen-bond acceptors (Lipinski definition) is 5. The van der Waals surface area contributed by atoms with Crippen LogP contribution in [0.5, 0.6) is 0 Å². The molecule has 0 spiro atoms. The number of thiazole rings is 1. The van der Waals surface area contributed by atoms with Crippen LogP contribution in [0.1, 0.15) is 28.1 Å². The van der Waals surface area contributed by atoms with Crippen molar-refractivity contribution < 1.29 is 9.53 Å². The van der Waals surface area contributed by atoms with Gasteiger partial charge in [-0.25, -0.2) is 9.78 Å². The Balaban J connectivity index is 2.47. The molecule has 0 aliphatic carbocycles. The minimum absolute atomic E-state index is 0.343. The Morgan fingerprint density at radius 3 is 2.78 bits per heavy atom. The standard InChI is InChI=1S/C13H14N2O2S/c1-4-17-13(16)11-12(18-9(3)15-11)10-7-5-6-8(2)14-10/h5-7H,4H2,1-3H3. The largest absolute Gasteiger partial charge is 0.461 e. The summed E-state index contributed by atoms with van der Waals surface area (Å²) in [6.07, 6.45) is 0. The predicted octanol–water partition coefficient (Wildman–Crippen LogP) is 3.00. The lowest BCUT2D eigenvalue weighted by molar-refractivity contribution is 0.0521. The van der Waals surface area contributed by atoms with E-state index in [2.05, 4.69) is 9.97 Å². The highest BCUT2D eigenvalue weighted by Gasteiger charge is 2.20. The number of aromatic nitrogens is 2. The van der Waals surface area contributed by atoms with Crippen LogP contribution in [0.3, 0.4) is 0 Å². The first-order valence-corrected chi connectivity index (χ1v) is 6.52. The van der Waals surface area contributed by atoms with Gasteiger partial charge in [0.1, 0.15) is 0 Å². The van der Waals surface area contributed by atoms with Crippen LogP contribution in [-0.2, 0) is 4.74 Å². The summed E-state index contributed by atoms with van der Waals surface area (Å²) < 4.78 is 5.01. The SMILES string of the molecule is CCOC(=O)c1nc(C)sc1-c1cccc(C)n1. The second-order valence-corrected chi connectivity index (χ2v) is 5.00. The first-order valence-electron chi connectivity index (χ1n) is 5.70. The van der Waals surface area contributed by atoms with Crippen molar-refractivity contribution in [3.05, 3.63) is 34.6 Å². The molecule has 0 aliphatic heterocycles. The molecule has 0 bridgehead atoms. The summed E-state index contributed by atoms with van der Waals surface area (Å²) in [6.45, 7) is 5.91. The molecule has 0 radical (unpaired) electrons. The molecule has 2 aromatic rings. The maximum atomic E-state index is 11.8. The Morgan fingerprint density at radius 2 is 2.11 bits per heavy atom. The van der Waals surface area contributed by atoms with Gasteiger partial charge < -0.3 is 4.74 Å². The Labute approximate surface area is 110 Å². The number of nitrogens with zero attached hydrogens (tertiary/aromatic N) is 2. The molecule has 2 aromatic heterocycles. The molecule has 18 heavy (non-hydrogen) atoms. The van der Waals surface area contributed by atoms with Crippen LogP contribution in [0, 0.1) is 13.8 Å². The number of carbonyl (C=O) groups excluding carboxylic acids is 1. The molecule has 94 valence electrons. The first-order chi connectivity index (χ1) is 8.61. The number of carbonyl (C=O) groups is 1. The third-order valence-electron chi connectivity index (χ3n) is 2.32. The van der Waals surface area contributed by atoms with Crippen molar-refractivity contribution in [2.24, 2.45) is 0 Å². The summed E-state index contributed by atoms with van der Waals surface area (Å²) >= 11 is 1.46. The number of aryl methyl sites for hydroxylation is 2. The van der Waals surface area contributed by atoms with Gasteiger partial charge in [0, 0.05) is 5.69 Å². The Morgan fingerprint density at radius 1 is 1.33 bits per heavy atom. The third-order valence-corrected chi connectivity index (χ3v) is 3.32. The van der Waals surface area contributed by atoms with E-state index in [4.69, 9.17) is 4.74 Å². The molecule has 0 aromatic carbocycles. The van der Waals surface area contributed by atoms with Crippen molar-refractivity contribution in [2.75, 3.05) is 6.61 Å². The van der Waals surface area contributed by atoms with Gasteiger partial charge in [0.25, 0.3) is 0 Å². The zero-order chi connectivity index (χ0) is 13.1. The average Bonchev–Trinajstić information content (AvgIpc) is 2.72. The van der Waals surface area contributed by atoms with Crippen molar-refractivity contribution in [2.45, 2.75) is 20.8 Å². The van der Waals surface area contributed by atoms with E-state index in [9.17, 15) is 4.79 Å². The predicted molar refractivity (Wildman–Crippen MR) is 70.8 cm³/mol. The van der Waals surface area contributed by atoms with Gasteiger partial charge >= 0.3 is 5.97 Å². The zero-order valence-corrected chi connectivity index (χ0v) is 11.4. The van der Waals surface area contributed by atoms with E-state index in [0.717, 1.165) is 21.3 Å². The Kier molecular flexibility index (Phi) is 3.72. The van der Waals surface area contributed by atoms with Crippen molar-refractivity contribution in [3.8, 4) is 10.6 Å². The molecule has 0 unspecified atom stereocenters. The van der Waals surface area contributed by atoms with E-state index >= 15 is 0 Å². The number of pyridine rings is 1. The van der Waals surface area contributed by atoms with Crippen LogP contribution >= 0.6 is 11.3 Å². The molecule has 0 atom stereocenters. The van der Waals surface area contributed by atoms with Gasteiger partial charge in [-0.3, -0.25) is 4.98 Å². The number of ether oxygens (including phenoxy) is 1. The quantitative estimate of drug-likeness (QED) is 0.798. The molecule has 0 fully saturated rings.